The maximum absolute atomic E-state index is 14.1. The van der Waals surface area contributed by atoms with Gasteiger partial charge in [0.05, 0.1) is 5.56 Å². The van der Waals surface area contributed by atoms with Crippen molar-refractivity contribution in [1.82, 2.24) is 4.90 Å². The molecule has 0 fully saturated rings. The van der Waals surface area contributed by atoms with Crippen LogP contribution in [0.25, 0.3) is 0 Å². The van der Waals surface area contributed by atoms with E-state index in [1.807, 2.05) is 30.3 Å². The third-order valence-electron chi connectivity index (χ3n) is 4.22. The van der Waals surface area contributed by atoms with E-state index in [-0.39, 0.29) is 17.9 Å². The lowest BCUT2D eigenvalue weighted by Gasteiger charge is -2.23. The zero-order valence-electron chi connectivity index (χ0n) is 14.2. The molecule has 0 N–H and O–H groups in total. The summed E-state index contributed by atoms with van der Waals surface area (Å²) in [6, 6.07) is 21.9. The maximum atomic E-state index is 14.1. The first kappa shape index (κ1) is 17.8. The first-order valence-corrected chi connectivity index (χ1v) is 8.46. The van der Waals surface area contributed by atoms with E-state index in [9.17, 15) is 13.6 Å². The number of carbonyl (C=O) groups is 1. The van der Waals surface area contributed by atoms with Gasteiger partial charge in [0.25, 0.3) is 5.91 Å². The van der Waals surface area contributed by atoms with Crippen LogP contribution in [0, 0.1) is 11.6 Å². The summed E-state index contributed by atoms with van der Waals surface area (Å²) in [4.78, 5) is 14.4. The van der Waals surface area contributed by atoms with Gasteiger partial charge in [-0.1, -0.05) is 60.7 Å². The van der Waals surface area contributed by atoms with Crippen LogP contribution >= 0.6 is 0 Å². The van der Waals surface area contributed by atoms with Crippen molar-refractivity contribution in [2.45, 2.75) is 13.0 Å². The monoisotopic (exact) mass is 351 g/mol. The molecule has 0 unspecified atom stereocenters. The molecule has 0 aliphatic rings. The van der Waals surface area contributed by atoms with Gasteiger partial charge >= 0.3 is 0 Å². The average molecular weight is 351 g/mol. The molecule has 0 aliphatic carbocycles. The topological polar surface area (TPSA) is 20.3 Å². The molecule has 0 aromatic heterocycles. The Morgan fingerprint density at radius 1 is 0.769 bits per heavy atom. The highest BCUT2D eigenvalue weighted by atomic mass is 19.1. The van der Waals surface area contributed by atoms with Gasteiger partial charge in [-0.25, -0.2) is 8.78 Å². The Kier molecular flexibility index (Phi) is 5.74. The second-order valence-corrected chi connectivity index (χ2v) is 6.03. The van der Waals surface area contributed by atoms with Crippen LogP contribution in [0.4, 0.5) is 8.78 Å². The van der Waals surface area contributed by atoms with Gasteiger partial charge in [-0.2, -0.15) is 0 Å². The van der Waals surface area contributed by atoms with Crippen molar-refractivity contribution in [3.63, 3.8) is 0 Å². The highest BCUT2D eigenvalue weighted by Crippen LogP contribution is 2.16. The summed E-state index contributed by atoms with van der Waals surface area (Å²) in [5, 5.41) is 0. The van der Waals surface area contributed by atoms with Crippen molar-refractivity contribution in [3.05, 3.63) is 107 Å². The molecular weight excluding hydrogens is 332 g/mol. The zero-order chi connectivity index (χ0) is 18.4. The van der Waals surface area contributed by atoms with Gasteiger partial charge in [0, 0.05) is 18.7 Å². The van der Waals surface area contributed by atoms with Crippen LogP contribution in [0.5, 0.6) is 0 Å². The Morgan fingerprint density at radius 3 is 2.08 bits per heavy atom. The largest absolute Gasteiger partial charge is 0.334 e. The fourth-order valence-corrected chi connectivity index (χ4v) is 2.80. The van der Waals surface area contributed by atoms with E-state index in [1.165, 1.54) is 29.2 Å². The van der Waals surface area contributed by atoms with E-state index >= 15 is 0 Å². The lowest BCUT2D eigenvalue weighted by atomic mass is 10.1. The molecule has 0 saturated carbocycles. The molecule has 132 valence electrons. The Labute approximate surface area is 151 Å². The lowest BCUT2D eigenvalue weighted by molar-refractivity contribution is 0.0739. The van der Waals surface area contributed by atoms with Crippen molar-refractivity contribution < 1.29 is 13.6 Å². The van der Waals surface area contributed by atoms with Gasteiger partial charge in [-0.15, -0.1) is 0 Å². The van der Waals surface area contributed by atoms with E-state index in [4.69, 9.17) is 0 Å². The highest BCUT2D eigenvalue weighted by molar-refractivity contribution is 5.94. The van der Waals surface area contributed by atoms with E-state index < -0.39 is 11.7 Å². The minimum absolute atomic E-state index is 0.00287. The Bertz CT molecular complexity index is 880. The summed E-state index contributed by atoms with van der Waals surface area (Å²) in [7, 11) is 0. The van der Waals surface area contributed by atoms with Gasteiger partial charge in [0.1, 0.15) is 11.6 Å². The first-order chi connectivity index (χ1) is 12.6. The Morgan fingerprint density at radius 2 is 1.38 bits per heavy atom. The average Bonchev–Trinajstić information content (AvgIpc) is 2.67. The second-order valence-electron chi connectivity index (χ2n) is 6.03. The van der Waals surface area contributed by atoms with Gasteiger partial charge < -0.3 is 4.90 Å². The van der Waals surface area contributed by atoms with Crippen LogP contribution in [-0.4, -0.2) is 17.4 Å². The smallest absolute Gasteiger partial charge is 0.257 e. The lowest BCUT2D eigenvalue weighted by Crippen LogP contribution is -2.33. The number of benzene rings is 3. The summed E-state index contributed by atoms with van der Waals surface area (Å²) < 4.78 is 28.1. The van der Waals surface area contributed by atoms with Crippen molar-refractivity contribution in [1.29, 1.82) is 0 Å². The molecule has 0 saturated heterocycles. The molecule has 26 heavy (non-hydrogen) atoms. The molecule has 0 atom stereocenters. The molecule has 0 heterocycles. The van der Waals surface area contributed by atoms with Crippen LogP contribution in [-0.2, 0) is 13.0 Å². The fourth-order valence-electron chi connectivity index (χ4n) is 2.80. The number of hydrogen-bond donors (Lipinski definition) is 0. The van der Waals surface area contributed by atoms with Crippen molar-refractivity contribution in [2.24, 2.45) is 0 Å². The molecule has 3 rings (SSSR count). The van der Waals surface area contributed by atoms with E-state index in [0.29, 0.717) is 18.5 Å². The number of nitrogens with zero attached hydrogens (tertiary/aromatic N) is 1. The third-order valence-corrected chi connectivity index (χ3v) is 4.22. The number of hydrogen-bond acceptors (Lipinski definition) is 1. The first-order valence-electron chi connectivity index (χ1n) is 8.46. The number of halogens is 2. The molecule has 1 amide bonds. The fraction of sp³-hybridized carbons (Fsp3) is 0.136. The maximum Gasteiger partial charge on any atom is 0.257 e. The predicted octanol–water partition coefficient (Wildman–Crippen LogP) is 4.85. The Hall–Kier alpha value is -3.01. The third kappa shape index (κ3) is 4.33. The van der Waals surface area contributed by atoms with Crippen LogP contribution in [0.15, 0.2) is 78.9 Å². The van der Waals surface area contributed by atoms with E-state index in [0.717, 1.165) is 5.56 Å². The molecule has 3 aromatic carbocycles. The zero-order valence-corrected chi connectivity index (χ0v) is 14.2. The number of rotatable bonds is 6. The number of amides is 1. The summed E-state index contributed by atoms with van der Waals surface area (Å²) in [5.41, 5.74) is 1.47. The van der Waals surface area contributed by atoms with Gasteiger partial charge in [0.15, 0.2) is 0 Å². The van der Waals surface area contributed by atoms with Gasteiger partial charge in [-0.05, 0) is 30.2 Å². The molecule has 0 aliphatic heterocycles. The number of carbonyl (C=O) groups excluding carboxylic acids is 1. The second kappa shape index (κ2) is 8.39. The summed E-state index contributed by atoms with van der Waals surface area (Å²) in [6.07, 6.45) is 0.607. The summed E-state index contributed by atoms with van der Waals surface area (Å²) in [5.74, 6) is -1.39. The summed E-state index contributed by atoms with van der Waals surface area (Å²) in [6.45, 7) is 0.457. The highest BCUT2D eigenvalue weighted by Gasteiger charge is 2.20. The molecule has 0 spiro atoms. The minimum atomic E-state index is -0.573. The normalized spacial score (nSPS) is 10.5. The van der Waals surface area contributed by atoms with E-state index in [1.54, 1.807) is 24.3 Å². The van der Waals surface area contributed by atoms with Crippen LogP contribution in [0.2, 0.25) is 0 Å². The SMILES string of the molecule is O=C(c1ccccc1F)N(CCc1ccccc1)Cc1ccccc1F. The predicted molar refractivity (Wildman–Crippen MR) is 97.7 cm³/mol. The van der Waals surface area contributed by atoms with Crippen molar-refractivity contribution in [3.8, 4) is 0 Å². The molecule has 0 radical (unpaired) electrons. The van der Waals surface area contributed by atoms with Crippen LogP contribution < -0.4 is 0 Å². The minimum Gasteiger partial charge on any atom is -0.334 e. The standard InChI is InChI=1S/C22H19F2NO/c23-20-12-6-4-10-18(20)16-25(15-14-17-8-2-1-3-9-17)22(26)19-11-5-7-13-21(19)24/h1-13H,14-16H2. The molecule has 3 aromatic rings. The molecule has 0 bridgehead atoms. The van der Waals surface area contributed by atoms with Crippen LogP contribution in [0.1, 0.15) is 21.5 Å². The van der Waals surface area contributed by atoms with Gasteiger partial charge in [-0.3, -0.25) is 4.79 Å². The molecule has 2 nitrogen and oxygen atoms in total. The quantitative estimate of drug-likeness (QED) is 0.622. The van der Waals surface area contributed by atoms with E-state index in [2.05, 4.69) is 0 Å². The van der Waals surface area contributed by atoms with Gasteiger partial charge in [0.2, 0.25) is 0 Å². The van der Waals surface area contributed by atoms with Crippen molar-refractivity contribution in [2.75, 3.05) is 6.54 Å². The molecule has 4 heteroatoms. The molecular formula is C22H19F2NO. The summed E-state index contributed by atoms with van der Waals surface area (Å²) >= 11 is 0. The Balaban J connectivity index is 1.84. The van der Waals surface area contributed by atoms with Crippen molar-refractivity contribution >= 4 is 5.91 Å². The van der Waals surface area contributed by atoms with Crippen LogP contribution in [0.3, 0.4) is 0 Å².